The van der Waals surface area contributed by atoms with Gasteiger partial charge in [-0.3, -0.25) is 0 Å². The van der Waals surface area contributed by atoms with E-state index in [0.29, 0.717) is 0 Å². The highest BCUT2D eigenvalue weighted by Crippen LogP contribution is 2.32. The van der Waals surface area contributed by atoms with E-state index in [2.05, 4.69) is 35.9 Å². The third-order valence-electron chi connectivity index (χ3n) is 1.87. The summed E-state index contributed by atoms with van der Waals surface area (Å²) in [7, 11) is 0. The van der Waals surface area contributed by atoms with Crippen LogP contribution < -0.4 is 0 Å². The van der Waals surface area contributed by atoms with E-state index in [1.54, 1.807) is 0 Å². The molecule has 12 heavy (non-hydrogen) atoms. The van der Waals surface area contributed by atoms with Crippen molar-refractivity contribution in [2.45, 2.75) is 13.3 Å². The largest absolute Gasteiger partial charge is 0.143 e. The van der Waals surface area contributed by atoms with Gasteiger partial charge in [0.1, 0.15) is 0 Å². The highest BCUT2D eigenvalue weighted by atomic mass is 32.1. The molecule has 0 fully saturated rings. The Morgan fingerprint density at radius 3 is 2.75 bits per heavy atom. The Kier molecular flexibility index (Phi) is 2.28. The van der Waals surface area contributed by atoms with Crippen molar-refractivity contribution in [1.29, 1.82) is 0 Å². The summed E-state index contributed by atoms with van der Waals surface area (Å²) >= 11 is 3.66. The predicted molar refractivity (Wildman–Crippen MR) is 57.0 cm³/mol. The molecule has 2 aromatic rings. The Labute approximate surface area is 80.5 Å². The molecule has 0 aliphatic carbocycles. The molecule has 0 aromatic carbocycles. The van der Waals surface area contributed by atoms with E-state index in [0.717, 1.165) is 6.42 Å². The van der Waals surface area contributed by atoms with Gasteiger partial charge < -0.3 is 0 Å². The second-order valence-corrected chi connectivity index (χ2v) is 4.47. The zero-order valence-corrected chi connectivity index (χ0v) is 8.54. The predicted octanol–water partition coefficient (Wildman–Crippen LogP) is 4.04. The molecule has 0 atom stereocenters. The van der Waals surface area contributed by atoms with Crippen molar-refractivity contribution in [3.8, 4) is 9.75 Å². The second kappa shape index (κ2) is 3.42. The standard InChI is InChI=1S/C10H10S2/c1-2-8-5-7-12-10(8)9-4-3-6-11-9/h3-7H,2H2,1H3. The molecule has 0 nitrogen and oxygen atoms in total. The molecule has 2 heteroatoms. The molecule has 0 saturated carbocycles. The maximum absolute atomic E-state index is 2.22. The van der Waals surface area contributed by atoms with Crippen LogP contribution in [-0.2, 0) is 6.42 Å². The normalized spacial score (nSPS) is 10.4. The average Bonchev–Trinajstić information content (AvgIpc) is 2.74. The number of hydrogen-bond donors (Lipinski definition) is 0. The van der Waals surface area contributed by atoms with Crippen LogP contribution >= 0.6 is 22.7 Å². The first-order chi connectivity index (χ1) is 5.92. The summed E-state index contributed by atoms with van der Waals surface area (Å²) in [5, 5.41) is 4.31. The minimum Gasteiger partial charge on any atom is -0.143 e. The van der Waals surface area contributed by atoms with Crippen molar-refractivity contribution < 1.29 is 0 Å². The van der Waals surface area contributed by atoms with Crippen molar-refractivity contribution in [1.82, 2.24) is 0 Å². The molecule has 0 unspecified atom stereocenters. The van der Waals surface area contributed by atoms with Crippen LogP contribution in [0.3, 0.4) is 0 Å². The lowest BCUT2D eigenvalue weighted by molar-refractivity contribution is 1.16. The summed E-state index contributed by atoms with van der Waals surface area (Å²) < 4.78 is 0. The molecule has 0 aliphatic heterocycles. The van der Waals surface area contributed by atoms with E-state index < -0.39 is 0 Å². The van der Waals surface area contributed by atoms with Crippen molar-refractivity contribution in [3.63, 3.8) is 0 Å². The van der Waals surface area contributed by atoms with Gasteiger partial charge in [-0.25, -0.2) is 0 Å². The summed E-state index contributed by atoms with van der Waals surface area (Å²) in [6.45, 7) is 2.21. The summed E-state index contributed by atoms with van der Waals surface area (Å²) in [5.74, 6) is 0. The quantitative estimate of drug-likeness (QED) is 0.677. The van der Waals surface area contributed by atoms with Gasteiger partial charge in [0, 0.05) is 9.75 Å². The van der Waals surface area contributed by atoms with E-state index in [1.807, 2.05) is 22.7 Å². The lowest BCUT2D eigenvalue weighted by atomic mass is 10.2. The molecule has 0 N–H and O–H groups in total. The third kappa shape index (κ3) is 1.32. The summed E-state index contributed by atoms with van der Waals surface area (Å²) in [6, 6.07) is 6.52. The highest BCUT2D eigenvalue weighted by Gasteiger charge is 2.04. The molecule has 2 aromatic heterocycles. The van der Waals surface area contributed by atoms with Crippen LogP contribution in [0, 0.1) is 0 Å². The Morgan fingerprint density at radius 1 is 1.17 bits per heavy atom. The maximum atomic E-state index is 2.22. The fourth-order valence-electron chi connectivity index (χ4n) is 1.24. The minimum absolute atomic E-state index is 1.14. The maximum Gasteiger partial charge on any atom is 0.0474 e. The molecular weight excluding hydrogens is 184 g/mol. The molecule has 0 radical (unpaired) electrons. The van der Waals surface area contributed by atoms with Gasteiger partial charge in [-0.1, -0.05) is 13.0 Å². The molecular formula is C10H10S2. The fourth-order valence-corrected chi connectivity index (χ4v) is 3.14. The first-order valence-corrected chi connectivity index (χ1v) is 5.78. The van der Waals surface area contributed by atoms with Crippen molar-refractivity contribution in [3.05, 3.63) is 34.5 Å². The number of aryl methyl sites for hydroxylation is 1. The Hall–Kier alpha value is -0.600. The monoisotopic (exact) mass is 194 g/mol. The SMILES string of the molecule is CCc1ccsc1-c1cccs1. The van der Waals surface area contributed by atoms with E-state index in [4.69, 9.17) is 0 Å². The smallest absolute Gasteiger partial charge is 0.0474 e. The topological polar surface area (TPSA) is 0 Å². The Bertz CT molecular complexity index is 344. The van der Waals surface area contributed by atoms with Crippen LogP contribution in [0.2, 0.25) is 0 Å². The Morgan fingerprint density at radius 2 is 2.08 bits per heavy atom. The third-order valence-corrected chi connectivity index (χ3v) is 3.88. The molecule has 2 rings (SSSR count). The van der Waals surface area contributed by atoms with Crippen molar-refractivity contribution >= 4 is 22.7 Å². The van der Waals surface area contributed by atoms with Gasteiger partial charge in [0.15, 0.2) is 0 Å². The average molecular weight is 194 g/mol. The lowest BCUT2D eigenvalue weighted by Crippen LogP contribution is -1.75. The first kappa shape index (κ1) is 8.02. The van der Waals surface area contributed by atoms with Gasteiger partial charge in [0.05, 0.1) is 0 Å². The molecule has 2 heterocycles. The summed E-state index contributed by atoms with van der Waals surface area (Å²) in [5.41, 5.74) is 1.47. The van der Waals surface area contributed by atoms with Gasteiger partial charge in [-0.2, -0.15) is 0 Å². The second-order valence-electron chi connectivity index (χ2n) is 2.61. The van der Waals surface area contributed by atoms with Gasteiger partial charge in [-0.05, 0) is 34.9 Å². The first-order valence-electron chi connectivity index (χ1n) is 4.02. The van der Waals surface area contributed by atoms with Crippen molar-refractivity contribution in [2.75, 3.05) is 0 Å². The fraction of sp³-hybridized carbons (Fsp3) is 0.200. The van der Waals surface area contributed by atoms with Crippen LogP contribution in [0.25, 0.3) is 9.75 Å². The number of rotatable bonds is 2. The molecule has 0 bridgehead atoms. The molecule has 0 aliphatic rings. The lowest BCUT2D eigenvalue weighted by Gasteiger charge is -1.95. The Balaban J connectivity index is 2.46. The van der Waals surface area contributed by atoms with E-state index in [-0.39, 0.29) is 0 Å². The van der Waals surface area contributed by atoms with Crippen LogP contribution in [0.15, 0.2) is 29.0 Å². The van der Waals surface area contributed by atoms with Crippen LogP contribution in [0.4, 0.5) is 0 Å². The van der Waals surface area contributed by atoms with Crippen LogP contribution in [0.1, 0.15) is 12.5 Å². The number of thiophene rings is 2. The molecule has 0 spiro atoms. The van der Waals surface area contributed by atoms with Crippen LogP contribution in [0.5, 0.6) is 0 Å². The van der Waals surface area contributed by atoms with Gasteiger partial charge >= 0.3 is 0 Å². The minimum atomic E-state index is 1.14. The zero-order valence-electron chi connectivity index (χ0n) is 6.91. The molecule has 62 valence electrons. The van der Waals surface area contributed by atoms with Gasteiger partial charge in [0.2, 0.25) is 0 Å². The molecule has 0 amide bonds. The highest BCUT2D eigenvalue weighted by molar-refractivity contribution is 7.20. The van der Waals surface area contributed by atoms with Crippen molar-refractivity contribution in [2.24, 2.45) is 0 Å². The van der Waals surface area contributed by atoms with E-state index >= 15 is 0 Å². The van der Waals surface area contributed by atoms with E-state index in [1.165, 1.54) is 15.3 Å². The van der Waals surface area contributed by atoms with Gasteiger partial charge in [-0.15, -0.1) is 22.7 Å². The van der Waals surface area contributed by atoms with Crippen LogP contribution in [-0.4, -0.2) is 0 Å². The zero-order chi connectivity index (χ0) is 8.39. The molecule has 0 saturated heterocycles. The summed E-state index contributed by atoms with van der Waals surface area (Å²) in [4.78, 5) is 2.86. The van der Waals surface area contributed by atoms with E-state index in [9.17, 15) is 0 Å². The van der Waals surface area contributed by atoms with Gasteiger partial charge in [0.25, 0.3) is 0 Å². The number of hydrogen-bond acceptors (Lipinski definition) is 2. The summed E-state index contributed by atoms with van der Waals surface area (Å²) in [6.07, 6.45) is 1.14.